The van der Waals surface area contributed by atoms with E-state index < -0.39 is 0 Å². The molecule has 1 aromatic carbocycles. The first-order valence-electron chi connectivity index (χ1n) is 7.74. The minimum Gasteiger partial charge on any atom is -0.395 e. The van der Waals surface area contributed by atoms with Crippen LogP contribution in [0, 0.1) is 6.92 Å². The van der Waals surface area contributed by atoms with Crippen molar-refractivity contribution >= 4 is 16.6 Å². The molecule has 0 aliphatic heterocycles. The average Bonchev–Trinajstić information content (AvgIpc) is 2.94. The lowest BCUT2D eigenvalue weighted by molar-refractivity contribution is 0.274. The topological polar surface area (TPSA) is 72.4 Å². The minimum absolute atomic E-state index is 0.0832. The highest BCUT2D eigenvalue weighted by atomic mass is 16.3. The molecule has 0 aliphatic rings. The molecule has 24 heavy (non-hydrogen) atoms. The van der Waals surface area contributed by atoms with E-state index in [1.165, 1.54) is 4.57 Å². The Balaban J connectivity index is 2.04. The second-order valence-electron chi connectivity index (χ2n) is 5.66. The molecule has 0 unspecified atom stereocenters. The number of aliphatic hydroxyl groups is 1. The normalized spacial score (nSPS) is 11.4. The Morgan fingerprint density at radius 3 is 2.71 bits per heavy atom. The predicted molar refractivity (Wildman–Crippen MR) is 92.0 cm³/mol. The van der Waals surface area contributed by atoms with Crippen LogP contribution >= 0.6 is 0 Å². The smallest absolute Gasteiger partial charge is 0.261 e. The number of hydrogen-bond acceptors (Lipinski definition) is 4. The molecule has 0 fully saturated rings. The summed E-state index contributed by atoms with van der Waals surface area (Å²) < 4.78 is 3.20. The highest BCUT2D eigenvalue weighted by Crippen LogP contribution is 2.28. The molecule has 0 aliphatic carbocycles. The average molecular weight is 320 g/mol. The fraction of sp³-hybridized carbons (Fsp3) is 0.167. The first kappa shape index (κ1) is 14.6. The van der Waals surface area contributed by atoms with Crippen molar-refractivity contribution in [1.29, 1.82) is 0 Å². The van der Waals surface area contributed by atoms with E-state index in [2.05, 4.69) is 10.1 Å². The molecule has 6 nitrogen and oxygen atoms in total. The number of aromatic nitrogens is 4. The fourth-order valence-corrected chi connectivity index (χ4v) is 3.04. The van der Waals surface area contributed by atoms with Crippen LogP contribution in [0.4, 0.5) is 0 Å². The van der Waals surface area contributed by atoms with Gasteiger partial charge in [-0.1, -0.05) is 30.3 Å². The van der Waals surface area contributed by atoms with Crippen LogP contribution in [-0.2, 0) is 6.54 Å². The standard InChI is InChI=1S/C18H16N4O2/c1-12-16(13-5-3-2-4-6-13)17-19-11-14-15(22(17)20-12)7-8-21(9-10-23)18(14)24/h2-8,11,23H,9-10H2,1H3. The maximum absolute atomic E-state index is 12.5. The summed E-state index contributed by atoms with van der Waals surface area (Å²) in [5, 5.41) is 14.1. The summed E-state index contributed by atoms with van der Waals surface area (Å²) in [5.41, 5.74) is 4.14. The van der Waals surface area contributed by atoms with Crippen LogP contribution in [-0.4, -0.2) is 30.9 Å². The maximum atomic E-state index is 12.5. The molecule has 4 rings (SSSR count). The summed E-state index contributed by atoms with van der Waals surface area (Å²) in [6.07, 6.45) is 3.27. The van der Waals surface area contributed by atoms with Crippen LogP contribution in [0.2, 0.25) is 0 Å². The van der Waals surface area contributed by atoms with Gasteiger partial charge in [-0.3, -0.25) is 4.79 Å². The van der Waals surface area contributed by atoms with E-state index in [4.69, 9.17) is 5.11 Å². The minimum atomic E-state index is -0.176. The van der Waals surface area contributed by atoms with Gasteiger partial charge in [0.2, 0.25) is 0 Å². The Morgan fingerprint density at radius 2 is 1.96 bits per heavy atom. The maximum Gasteiger partial charge on any atom is 0.261 e. The molecule has 0 amide bonds. The zero-order valence-corrected chi connectivity index (χ0v) is 13.2. The lowest BCUT2D eigenvalue weighted by atomic mass is 10.1. The predicted octanol–water partition coefficient (Wildman–Crippen LogP) is 2.01. The Labute approximate surface area is 137 Å². The van der Waals surface area contributed by atoms with Gasteiger partial charge in [0.05, 0.1) is 23.2 Å². The third-order valence-electron chi connectivity index (χ3n) is 4.16. The molecule has 0 atom stereocenters. The van der Waals surface area contributed by atoms with Crippen LogP contribution in [0.25, 0.3) is 27.7 Å². The van der Waals surface area contributed by atoms with Crippen molar-refractivity contribution in [3.8, 4) is 11.1 Å². The van der Waals surface area contributed by atoms with Crippen LogP contribution in [0.5, 0.6) is 0 Å². The van der Waals surface area contributed by atoms with Crippen molar-refractivity contribution in [1.82, 2.24) is 19.2 Å². The fourth-order valence-electron chi connectivity index (χ4n) is 3.04. The van der Waals surface area contributed by atoms with Gasteiger partial charge in [0.15, 0.2) is 5.65 Å². The molecular weight excluding hydrogens is 304 g/mol. The molecule has 0 radical (unpaired) electrons. The Hall–Kier alpha value is -2.99. The number of pyridine rings is 1. The summed E-state index contributed by atoms with van der Waals surface area (Å²) in [6.45, 7) is 2.12. The van der Waals surface area contributed by atoms with Gasteiger partial charge in [-0.2, -0.15) is 5.10 Å². The molecule has 120 valence electrons. The molecule has 0 saturated carbocycles. The van der Waals surface area contributed by atoms with Crippen LogP contribution in [0.1, 0.15) is 5.69 Å². The lowest BCUT2D eigenvalue weighted by Gasteiger charge is -2.06. The number of nitrogens with zero attached hydrogens (tertiary/aromatic N) is 4. The monoisotopic (exact) mass is 320 g/mol. The summed E-state index contributed by atoms with van der Waals surface area (Å²) in [6, 6.07) is 11.8. The van der Waals surface area contributed by atoms with Gasteiger partial charge in [-0.25, -0.2) is 9.50 Å². The first-order chi connectivity index (χ1) is 11.7. The van der Waals surface area contributed by atoms with Gasteiger partial charge < -0.3 is 9.67 Å². The zero-order chi connectivity index (χ0) is 16.7. The third kappa shape index (κ3) is 2.11. The highest BCUT2D eigenvalue weighted by molar-refractivity contribution is 5.86. The molecular formula is C18H16N4O2. The van der Waals surface area contributed by atoms with Gasteiger partial charge >= 0.3 is 0 Å². The Kier molecular flexibility index (Phi) is 3.39. The van der Waals surface area contributed by atoms with E-state index in [1.807, 2.05) is 43.3 Å². The number of fused-ring (bicyclic) bond motifs is 3. The van der Waals surface area contributed by atoms with Gasteiger partial charge in [-0.05, 0) is 18.6 Å². The second-order valence-corrected chi connectivity index (χ2v) is 5.66. The van der Waals surface area contributed by atoms with E-state index in [9.17, 15) is 4.79 Å². The summed E-state index contributed by atoms with van der Waals surface area (Å²) >= 11 is 0. The zero-order valence-electron chi connectivity index (χ0n) is 13.2. The quantitative estimate of drug-likeness (QED) is 0.627. The van der Waals surface area contributed by atoms with Crippen LogP contribution in [0.15, 0.2) is 53.6 Å². The van der Waals surface area contributed by atoms with Crippen molar-refractivity contribution in [2.24, 2.45) is 0 Å². The first-order valence-corrected chi connectivity index (χ1v) is 7.74. The van der Waals surface area contributed by atoms with Gasteiger partial charge in [0.25, 0.3) is 5.56 Å². The molecule has 6 heteroatoms. The summed E-state index contributed by atoms with van der Waals surface area (Å²) in [4.78, 5) is 17.0. The van der Waals surface area contributed by atoms with E-state index in [1.54, 1.807) is 16.9 Å². The second kappa shape index (κ2) is 5.58. The van der Waals surface area contributed by atoms with Crippen molar-refractivity contribution < 1.29 is 5.11 Å². The summed E-state index contributed by atoms with van der Waals surface area (Å²) in [7, 11) is 0. The van der Waals surface area contributed by atoms with E-state index in [0.29, 0.717) is 10.9 Å². The molecule has 0 saturated heterocycles. The molecule has 3 heterocycles. The van der Waals surface area contributed by atoms with E-state index in [0.717, 1.165) is 22.5 Å². The lowest BCUT2D eigenvalue weighted by Crippen LogP contribution is -2.21. The Morgan fingerprint density at radius 1 is 1.17 bits per heavy atom. The van der Waals surface area contributed by atoms with Crippen LogP contribution in [0.3, 0.4) is 0 Å². The van der Waals surface area contributed by atoms with Crippen LogP contribution < -0.4 is 5.56 Å². The van der Waals surface area contributed by atoms with Crippen molar-refractivity contribution in [3.05, 3.63) is 64.8 Å². The van der Waals surface area contributed by atoms with Crippen molar-refractivity contribution in [3.63, 3.8) is 0 Å². The van der Waals surface area contributed by atoms with E-state index >= 15 is 0 Å². The largest absolute Gasteiger partial charge is 0.395 e. The molecule has 4 aromatic rings. The molecule has 1 N–H and O–H groups in total. The highest BCUT2D eigenvalue weighted by Gasteiger charge is 2.15. The number of aliphatic hydroxyl groups excluding tert-OH is 1. The Bertz CT molecular complexity index is 1100. The number of hydrogen-bond donors (Lipinski definition) is 1. The van der Waals surface area contributed by atoms with Gasteiger partial charge in [0.1, 0.15) is 0 Å². The van der Waals surface area contributed by atoms with Crippen molar-refractivity contribution in [2.75, 3.05) is 6.61 Å². The molecule has 3 aromatic heterocycles. The summed E-state index contributed by atoms with van der Waals surface area (Å²) in [5.74, 6) is 0. The van der Waals surface area contributed by atoms with Gasteiger partial charge in [0, 0.05) is 24.5 Å². The number of aryl methyl sites for hydroxylation is 1. The number of benzene rings is 1. The van der Waals surface area contributed by atoms with E-state index in [-0.39, 0.29) is 18.7 Å². The number of rotatable bonds is 3. The molecule has 0 bridgehead atoms. The van der Waals surface area contributed by atoms with Crippen molar-refractivity contribution in [2.45, 2.75) is 13.5 Å². The van der Waals surface area contributed by atoms with Gasteiger partial charge in [-0.15, -0.1) is 0 Å². The SMILES string of the molecule is Cc1nn2c(ncc3c(=O)n(CCO)ccc32)c1-c1ccccc1. The third-order valence-corrected chi connectivity index (χ3v) is 4.16. The molecule has 0 spiro atoms.